The van der Waals surface area contributed by atoms with Crippen LogP contribution < -0.4 is 11.1 Å². The van der Waals surface area contributed by atoms with Gasteiger partial charge in [-0.2, -0.15) is 0 Å². The molecule has 1 aliphatic carbocycles. The number of nitrogens with one attached hydrogen (secondary N) is 1. The molecule has 142 valence electrons. The van der Waals surface area contributed by atoms with Gasteiger partial charge in [0.05, 0.1) is 0 Å². The number of nitrogens with two attached hydrogens (primary N) is 1. The zero-order chi connectivity index (χ0) is 16.1. The molecule has 3 atom stereocenters. The van der Waals surface area contributed by atoms with Crippen molar-refractivity contribution in [3.8, 4) is 0 Å². The Morgan fingerprint density at radius 3 is 2.60 bits per heavy atom. The Hall–Kier alpha value is -0.810. The number of carbonyl (C=O) groups is 1. The van der Waals surface area contributed by atoms with Gasteiger partial charge in [-0.15, -0.1) is 24.8 Å². The predicted molar refractivity (Wildman–Crippen MR) is 107 cm³/mol. The Balaban J connectivity index is 0.00000156. The van der Waals surface area contributed by atoms with E-state index in [0.29, 0.717) is 6.04 Å². The summed E-state index contributed by atoms with van der Waals surface area (Å²) in [5, 5.41) is 3.19. The number of hydrogen-bond acceptors (Lipinski definition) is 3. The molecule has 2 fully saturated rings. The van der Waals surface area contributed by atoms with Crippen molar-refractivity contribution in [2.24, 2.45) is 11.7 Å². The third kappa shape index (κ3) is 6.45. The van der Waals surface area contributed by atoms with Crippen LogP contribution in [0.3, 0.4) is 0 Å². The van der Waals surface area contributed by atoms with Crippen molar-refractivity contribution >= 4 is 30.7 Å². The fourth-order valence-electron chi connectivity index (χ4n) is 3.98. The van der Waals surface area contributed by atoms with Gasteiger partial charge in [-0.1, -0.05) is 36.8 Å². The van der Waals surface area contributed by atoms with E-state index in [1.165, 1.54) is 18.4 Å². The largest absolute Gasteiger partial charge is 0.354 e. The summed E-state index contributed by atoms with van der Waals surface area (Å²) in [7, 11) is 0. The molecule has 1 amide bonds. The molecule has 0 aromatic heterocycles. The minimum atomic E-state index is 0. The Labute approximate surface area is 163 Å². The molecule has 3 rings (SSSR count). The lowest BCUT2D eigenvalue weighted by Crippen LogP contribution is -2.43. The number of benzene rings is 1. The number of carbonyl (C=O) groups excluding carboxylic acids is 1. The van der Waals surface area contributed by atoms with Crippen molar-refractivity contribution in [2.45, 2.75) is 57.2 Å². The number of likely N-dealkylation sites (tertiary alicyclic amines) is 1. The minimum Gasteiger partial charge on any atom is -0.354 e. The van der Waals surface area contributed by atoms with Gasteiger partial charge in [-0.25, -0.2) is 0 Å². The van der Waals surface area contributed by atoms with Crippen LogP contribution in [0.5, 0.6) is 0 Å². The number of halogens is 2. The fraction of sp³-hybridized carbons (Fsp3) is 0.632. The highest BCUT2D eigenvalue weighted by atomic mass is 35.5. The molecule has 25 heavy (non-hydrogen) atoms. The molecule has 3 unspecified atom stereocenters. The van der Waals surface area contributed by atoms with Gasteiger partial charge in [0.25, 0.3) is 0 Å². The van der Waals surface area contributed by atoms with Crippen LogP contribution in [0, 0.1) is 5.92 Å². The highest BCUT2D eigenvalue weighted by Crippen LogP contribution is 2.24. The Morgan fingerprint density at radius 1 is 1.12 bits per heavy atom. The van der Waals surface area contributed by atoms with Crippen molar-refractivity contribution in [2.75, 3.05) is 13.1 Å². The number of amides is 1. The van der Waals surface area contributed by atoms with Gasteiger partial charge in [-0.05, 0) is 44.2 Å². The lowest BCUT2D eigenvalue weighted by Gasteiger charge is -2.28. The lowest BCUT2D eigenvalue weighted by atomic mass is 9.85. The molecule has 0 spiro atoms. The maximum absolute atomic E-state index is 12.4. The molecular weight excluding hydrogens is 357 g/mol. The fourth-order valence-corrected chi connectivity index (χ4v) is 3.98. The smallest absolute Gasteiger partial charge is 0.223 e. The van der Waals surface area contributed by atoms with Crippen LogP contribution in [-0.2, 0) is 11.3 Å². The molecule has 1 aromatic carbocycles. The molecule has 1 saturated carbocycles. The molecule has 0 bridgehead atoms. The molecule has 1 aromatic rings. The predicted octanol–water partition coefficient (Wildman–Crippen LogP) is 3.13. The quantitative estimate of drug-likeness (QED) is 0.815. The first-order valence-electron chi connectivity index (χ1n) is 9.03. The van der Waals surface area contributed by atoms with Gasteiger partial charge in [0.1, 0.15) is 0 Å². The van der Waals surface area contributed by atoms with Crippen molar-refractivity contribution in [3.05, 3.63) is 35.9 Å². The Morgan fingerprint density at radius 2 is 1.88 bits per heavy atom. The molecule has 6 heteroatoms. The monoisotopic (exact) mass is 387 g/mol. The van der Waals surface area contributed by atoms with Gasteiger partial charge >= 0.3 is 0 Å². The Kier molecular flexibility index (Phi) is 9.80. The second kappa shape index (κ2) is 11.0. The minimum absolute atomic E-state index is 0. The molecule has 1 saturated heterocycles. The highest BCUT2D eigenvalue weighted by Gasteiger charge is 2.28. The molecule has 1 aliphatic heterocycles. The van der Waals surface area contributed by atoms with Crippen LogP contribution in [0.25, 0.3) is 0 Å². The van der Waals surface area contributed by atoms with Gasteiger partial charge in [-0.3, -0.25) is 9.69 Å². The van der Waals surface area contributed by atoms with Gasteiger partial charge in [0.15, 0.2) is 0 Å². The number of hydrogen-bond donors (Lipinski definition) is 2. The topological polar surface area (TPSA) is 58.4 Å². The van der Waals surface area contributed by atoms with Crippen molar-refractivity contribution < 1.29 is 4.79 Å². The van der Waals surface area contributed by atoms with Crippen LogP contribution in [0.1, 0.15) is 44.1 Å². The molecule has 1 heterocycles. The zero-order valence-electron chi connectivity index (χ0n) is 14.7. The summed E-state index contributed by atoms with van der Waals surface area (Å²) in [6.07, 6.45) is 6.40. The summed E-state index contributed by atoms with van der Waals surface area (Å²) in [6.45, 7) is 2.89. The highest BCUT2D eigenvalue weighted by molar-refractivity contribution is 5.85. The normalized spacial score (nSPS) is 26.4. The average molecular weight is 388 g/mol. The number of nitrogens with zero attached hydrogens (tertiary/aromatic N) is 1. The van der Waals surface area contributed by atoms with E-state index in [2.05, 4.69) is 40.5 Å². The summed E-state index contributed by atoms with van der Waals surface area (Å²) in [5.41, 5.74) is 7.35. The van der Waals surface area contributed by atoms with E-state index in [0.717, 1.165) is 45.3 Å². The van der Waals surface area contributed by atoms with Crippen LogP contribution >= 0.6 is 24.8 Å². The van der Waals surface area contributed by atoms with Crippen LogP contribution in [-0.4, -0.2) is 36.0 Å². The molecule has 2 aliphatic rings. The Bertz CT molecular complexity index is 515. The maximum atomic E-state index is 12.4. The molecular formula is C19H31Cl2N3O. The summed E-state index contributed by atoms with van der Waals surface area (Å²) >= 11 is 0. The van der Waals surface area contributed by atoms with E-state index in [9.17, 15) is 4.79 Å². The summed E-state index contributed by atoms with van der Waals surface area (Å²) in [4.78, 5) is 14.9. The van der Waals surface area contributed by atoms with E-state index in [-0.39, 0.29) is 42.7 Å². The van der Waals surface area contributed by atoms with E-state index >= 15 is 0 Å². The first-order chi connectivity index (χ1) is 11.2. The summed E-state index contributed by atoms with van der Waals surface area (Å²) in [5.74, 6) is 0.342. The lowest BCUT2D eigenvalue weighted by molar-refractivity contribution is -0.126. The first kappa shape index (κ1) is 22.2. The van der Waals surface area contributed by atoms with Crippen molar-refractivity contribution in [3.63, 3.8) is 0 Å². The van der Waals surface area contributed by atoms with E-state index in [4.69, 9.17) is 5.73 Å². The second-order valence-electron chi connectivity index (χ2n) is 7.12. The standard InChI is InChI=1S/C19H29N3O.2ClH/c20-17-9-4-8-16(12-17)19(23)21-13-18-10-5-11-22(18)14-15-6-2-1-3-7-15;;/h1-3,6-7,16-18H,4-5,8-14,20H2,(H,21,23);2*1H. The van der Waals surface area contributed by atoms with Crippen molar-refractivity contribution in [1.82, 2.24) is 10.2 Å². The van der Waals surface area contributed by atoms with E-state index in [1.54, 1.807) is 0 Å². The summed E-state index contributed by atoms with van der Waals surface area (Å²) < 4.78 is 0. The zero-order valence-corrected chi connectivity index (χ0v) is 16.4. The van der Waals surface area contributed by atoms with E-state index in [1.807, 2.05) is 0 Å². The first-order valence-corrected chi connectivity index (χ1v) is 9.03. The van der Waals surface area contributed by atoms with Crippen LogP contribution in [0.15, 0.2) is 30.3 Å². The average Bonchev–Trinajstić information content (AvgIpc) is 3.00. The molecule has 3 N–H and O–H groups in total. The third-order valence-electron chi connectivity index (χ3n) is 5.33. The maximum Gasteiger partial charge on any atom is 0.223 e. The molecule has 4 nitrogen and oxygen atoms in total. The second-order valence-corrected chi connectivity index (χ2v) is 7.12. The van der Waals surface area contributed by atoms with E-state index < -0.39 is 0 Å². The SMILES string of the molecule is Cl.Cl.NC1CCCC(C(=O)NCC2CCCN2Cc2ccccc2)C1. The van der Waals surface area contributed by atoms with Gasteiger partial charge in [0, 0.05) is 31.1 Å². The van der Waals surface area contributed by atoms with Crippen LogP contribution in [0.4, 0.5) is 0 Å². The number of rotatable bonds is 5. The van der Waals surface area contributed by atoms with Crippen molar-refractivity contribution in [1.29, 1.82) is 0 Å². The molecule has 0 radical (unpaired) electrons. The summed E-state index contributed by atoms with van der Waals surface area (Å²) in [6, 6.07) is 11.3. The van der Waals surface area contributed by atoms with Gasteiger partial charge < -0.3 is 11.1 Å². The van der Waals surface area contributed by atoms with Gasteiger partial charge in [0.2, 0.25) is 5.91 Å². The van der Waals surface area contributed by atoms with Crippen LogP contribution in [0.2, 0.25) is 0 Å². The third-order valence-corrected chi connectivity index (χ3v) is 5.33.